The Morgan fingerprint density at radius 1 is 1.47 bits per heavy atom. The van der Waals surface area contributed by atoms with E-state index < -0.39 is 0 Å². The summed E-state index contributed by atoms with van der Waals surface area (Å²) >= 11 is 0. The van der Waals surface area contributed by atoms with E-state index in [-0.39, 0.29) is 0 Å². The Labute approximate surface area is 105 Å². The van der Waals surface area contributed by atoms with Crippen LogP contribution in [0.2, 0.25) is 0 Å². The van der Waals surface area contributed by atoms with Crippen molar-refractivity contribution in [1.29, 1.82) is 0 Å². The van der Waals surface area contributed by atoms with E-state index in [0.717, 1.165) is 50.5 Å². The molecule has 3 heteroatoms. The molecule has 1 fully saturated rings. The van der Waals surface area contributed by atoms with E-state index in [1.165, 1.54) is 6.42 Å². The van der Waals surface area contributed by atoms with Gasteiger partial charge in [0.25, 0.3) is 0 Å². The van der Waals surface area contributed by atoms with Gasteiger partial charge < -0.3 is 10.2 Å². The quantitative estimate of drug-likeness (QED) is 0.719. The maximum Gasteiger partial charge on any atom is 0.222 e. The molecule has 1 atom stereocenters. The van der Waals surface area contributed by atoms with Gasteiger partial charge >= 0.3 is 0 Å². The molecule has 1 amide bonds. The summed E-state index contributed by atoms with van der Waals surface area (Å²) in [5.74, 6) is 1.03. The number of carbonyl (C=O) groups is 1. The third kappa shape index (κ3) is 4.90. The predicted molar refractivity (Wildman–Crippen MR) is 71.9 cm³/mol. The largest absolute Gasteiger partial charge is 0.339 e. The van der Waals surface area contributed by atoms with E-state index in [2.05, 4.69) is 25.7 Å². The first kappa shape index (κ1) is 14.2. The third-order valence-corrected chi connectivity index (χ3v) is 3.54. The summed E-state index contributed by atoms with van der Waals surface area (Å²) in [5.41, 5.74) is 1.11. The molecular formula is C14H26N2O. The topological polar surface area (TPSA) is 32.3 Å². The molecule has 3 nitrogen and oxygen atoms in total. The van der Waals surface area contributed by atoms with Crippen molar-refractivity contribution in [1.82, 2.24) is 10.2 Å². The second-order valence-corrected chi connectivity index (χ2v) is 4.95. The highest BCUT2D eigenvalue weighted by molar-refractivity contribution is 5.76. The number of likely N-dealkylation sites (N-methyl/N-ethyl adjacent to an activating group) is 1. The lowest BCUT2D eigenvalue weighted by Crippen LogP contribution is -2.34. The number of amides is 1. The highest BCUT2D eigenvalue weighted by Crippen LogP contribution is 2.21. The van der Waals surface area contributed by atoms with Gasteiger partial charge in [-0.1, -0.05) is 26.8 Å². The lowest BCUT2D eigenvalue weighted by atomic mass is 9.98. The molecule has 1 aliphatic heterocycles. The average Bonchev–Trinajstić information content (AvgIpc) is 2.50. The lowest BCUT2D eigenvalue weighted by molar-refractivity contribution is -0.130. The van der Waals surface area contributed by atoms with Crippen LogP contribution in [0.4, 0.5) is 0 Å². The molecular weight excluding hydrogens is 212 g/mol. The maximum absolute atomic E-state index is 11.9. The van der Waals surface area contributed by atoms with Crippen LogP contribution in [0, 0.1) is 5.92 Å². The van der Waals surface area contributed by atoms with Crippen LogP contribution >= 0.6 is 0 Å². The molecule has 0 radical (unpaired) electrons. The van der Waals surface area contributed by atoms with Gasteiger partial charge in [-0.3, -0.25) is 4.79 Å². The first-order valence-corrected chi connectivity index (χ1v) is 6.82. The van der Waals surface area contributed by atoms with Crippen LogP contribution in [-0.2, 0) is 4.79 Å². The molecule has 0 aliphatic carbocycles. The van der Waals surface area contributed by atoms with Crippen molar-refractivity contribution in [3.63, 3.8) is 0 Å². The van der Waals surface area contributed by atoms with Crippen LogP contribution in [0.5, 0.6) is 0 Å². The summed E-state index contributed by atoms with van der Waals surface area (Å²) in [4.78, 5) is 13.9. The minimum atomic E-state index is 0.304. The molecule has 0 aromatic heterocycles. The van der Waals surface area contributed by atoms with Crippen molar-refractivity contribution >= 4 is 5.91 Å². The summed E-state index contributed by atoms with van der Waals surface area (Å²) in [5, 5.41) is 3.25. The highest BCUT2D eigenvalue weighted by Gasteiger charge is 2.21. The van der Waals surface area contributed by atoms with Crippen LogP contribution in [-0.4, -0.2) is 37.0 Å². The van der Waals surface area contributed by atoms with Gasteiger partial charge in [-0.25, -0.2) is 0 Å². The van der Waals surface area contributed by atoms with Gasteiger partial charge in [-0.15, -0.1) is 0 Å². The number of carbonyl (C=O) groups excluding carboxylic acids is 1. The molecule has 1 unspecified atom stereocenters. The summed E-state index contributed by atoms with van der Waals surface area (Å²) in [6.07, 6.45) is 4.12. The van der Waals surface area contributed by atoms with E-state index in [0.29, 0.717) is 12.3 Å². The molecule has 1 heterocycles. The number of likely N-dealkylation sites (tertiary alicyclic amines) is 1. The van der Waals surface area contributed by atoms with Crippen molar-refractivity contribution in [3.8, 4) is 0 Å². The molecule has 1 rings (SSSR count). The van der Waals surface area contributed by atoms with Gasteiger partial charge in [0, 0.05) is 26.1 Å². The zero-order chi connectivity index (χ0) is 12.7. The highest BCUT2D eigenvalue weighted by atomic mass is 16.2. The monoisotopic (exact) mass is 238 g/mol. The Bertz CT molecular complexity index is 263. The van der Waals surface area contributed by atoms with Crippen molar-refractivity contribution in [3.05, 3.63) is 12.2 Å². The molecule has 0 bridgehead atoms. The molecule has 0 aromatic rings. The molecule has 0 saturated carbocycles. The molecule has 0 aromatic carbocycles. The van der Waals surface area contributed by atoms with Gasteiger partial charge in [0.05, 0.1) is 0 Å². The summed E-state index contributed by atoms with van der Waals surface area (Å²) < 4.78 is 0. The standard InChI is InChI=1S/C14H26N2O/c1-4-13-6-7-14(17)16(9-8-13)11-12(3)10-15-5-2/h13,15H,3-11H2,1-2H3. The number of nitrogens with one attached hydrogen (secondary N) is 1. The van der Waals surface area contributed by atoms with Gasteiger partial charge in [0.15, 0.2) is 0 Å². The lowest BCUT2D eigenvalue weighted by Gasteiger charge is -2.22. The van der Waals surface area contributed by atoms with Crippen molar-refractivity contribution in [2.75, 3.05) is 26.2 Å². The zero-order valence-electron chi connectivity index (χ0n) is 11.3. The number of nitrogens with zero attached hydrogens (tertiary/aromatic N) is 1. The van der Waals surface area contributed by atoms with Gasteiger partial charge in [-0.2, -0.15) is 0 Å². The van der Waals surface area contributed by atoms with Crippen LogP contribution in [0.3, 0.4) is 0 Å². The van der Waals surface area contributed by atoms with Gasteiger partial charge in [0.2, 0.25) is 5.91 Å². The first-order chi connectivity index (χ1) is 8.17. The molecule has 98 valence electrons. The third-order valence-electron chi connectivity index (χ3n) is 3.54. The minimum Gasteiger partial charge on any atom is -0.339 e. The van der Waals surface area contributed by atoms with E-state index >= 15 is 0 Å². The Balaban J connectivity index is 2.41. The number of hydrogen-bond acceptors (Lipinski definition) is 2. The second-order valence-electron chi connectivity index (χ2n) is 4.95. The first-order valence-electron chi connectivity index (χ1n) is 6.82. The van der Waals surface area contributed by atoms with Gasteiger partial charge in [0.1, 0.15) is 0 Å². The van der Waals surface area contributed by atoms with E-state index in [1.807, 2.05) is 4.90 Å². The summed E-state index contributed by atoms with van der Waals surface area (Å²) in [6, 6.07) is 0. The van der Waals surface area contributed by atoms with Crippen molar-refractivity contribution < 1.29 is 4.79 Å². The fraction of sp³-hybridized carbons (Fsp3) is 0.786. The van der Waals surface area contributed by atoms with Crippen LogP contribution in [0.1, 0.15) is 39.5 Å². The van der Waals surface area contributed by atoms with E-state index in [4.69, 9.17) is 0 Å². The van der Waals surface area contributed by atoms with Crippen LogP contribution in [0.15, 0.2) is 12.2 Å². The Kier molecular flexibility index (Phi) is 6.27. The molecule has 1 saturated heterocycles. The zero-order valence-corrected chi connectivity index (χ0v) is 11.3. The van der Waals surface area contributed by atoms with Crippen LogP contribution in [0.25, 0.3) is 0 Å². The van der Waals surface area contributed by atoms with E-state index in [9.17, 15) is 4.79 Å². The Morgan fingerprint density at radius 2 is 2.24 bits per heavy atom. The maximum atomic E-state index is 11.9. The smallest absolute Gasteiger partial charge is 0.222 e. The Hall–Kier alpha value is -0.830. The predicted octanol–water partition coefficient (Wildman–Crippen LogP) is 2.19. The van der Waals surface area contributed by atoms with Crippen molar-refractivity contribution in [2.24, 2.45) is 5.92 Å². The molecule has 0 spiro atoms. The van der Waals surface area contributed by atoms with Gasteiger partial charge in [-0.05, 0) is 30.9 Å². The molecule has 1 N–H and O–H groups in total. The van der Waals surface area contributed by atoms with Crippen molar-refractivity contribution in [2.45, 2.75) is 39.5 Å². The fourth-order valence-corrected chi connectivity index (χ4v) is 2.30. The van der Waals surface area contributed by atoms with E-state index in [1.54, 1.807) is 0 Å². The average molecular weight is 238 g/mol. The molecule has 17 heavy (non-hydrogen) atoms. The minimum absolute atomic E-state index is 0.304. The SMILES string of the molecule is C=C(CNCC)CN1CCC(CC)CCC1=O. The van der Waals surface area contributed by atoms with Crippen LogP contribution < -0.4 is 5.32 Å². The number of hydrogen-bond donors (Lipinski definition) is 1. The summed E-state index contributed by atoms with van der Waals surface area (Å²) in [6.45, 7) is 11.7. The second kappa shape index (κ2) is 7.49. The Morgan fingerprint density at radius 3 is 2.88 bits per heavy atom. The number of rotatable bonds is 6. The molecule has 1 aliphatic rings. The fourth-order valence-electron chi connectivity index (χ4n) is 2.30. The normalized spacial score (nSPS) is 21.4. The summed E-state index contributed by atoms with van der Waals surface area (Å²) in [7, 11) is 0.